The molecule has 2 atom stereocenters. The van der Waals surface area contributed by atoms with Crippen LogP contribution in [0.15, 0.2) is 9.98 Å². The third-order valence-electron chi connectivity index (χ3n) is 5.86. The van der Waals surface area contributed by atoms with E-state index in [9.17, 15) is 0 Å². The van der Waals surface area contributed by atoms with Crippen LogP contribution >= 0.6 is 0 Å². The van der Waals surface area contributed by atoms with E-state index in [1.165, 1.54) is 64.2 Å². The number of unbranched alkanes of at least 4 members (excludes halogenated alkanes) is 1. The van der Waals surface area contributed by atoms with Gasteiger partial charge < -0.3 is 10.6 Å². The van der Waals surface area contributed by atoms with Gasteiger partial charge in [-0.25, -0.2) is 4.99 Å². The lowest BCUT2D eigenvalue weighted by Crippen LogP contribution is -2.33. The van der Waals surface area contributed by atoms with Crippen LogP contribution in [-0.2, 0) is 0 Å². The van der Waals surface area contributed by atoms with Crippen LogP contribution in [0, 0.1) is 11.8 Å². The summed E-state index contributed by atoms with van der Waals surface area (Å²) >= 11 is 0. The maximum absolute atomic E-state index is 5.82. The summed E-state index contributed by atoms with van der Waals surface area (Å²) < 4.78 is 0. The van der Waals surface area contributed by atoms with Crippen molar-refractivity contribution in [1.82, 2.24) is 4.90 Å². The zero-order valence-electron chi connectivity index (χ0n) is 18.8. The first-order valence-corrected chi connectivity index (χ1v) is 11.5. The van der Waals surface area contributed by atoms with Crippen molar-refractivity contribution >= 4 is 11.7 Å². The van der Waals surface area contributed by atoms with Crippen molar-refractivity contribution in [2.45, 2.75) is 105 Å². The molecular formula is C23H46N4. The summed E-state index contributed by atoms with van der Waals surface area (Å²) in [5.74, 6) is 3.82. The van der Waals surface area contributed by atoms with E-state index in [1.54, 1.807) is 0 Å². The second-order valence-electron chi connectivity index (χ2n) is 8.65. The normalized spacial score (nSPS) is 23.7. The Hall–Kier alpha value is -0.900. The Balaban J connectivity index is 2.73. The van der Waals surface area contributed by atoms with Gasteiger partial charge in [0.15, 0.2) is 0 Å². The molecule has 0 aromatic heterocycles. The van der Waals surface area contributed by atoms with Crippen LogP contribution in [0.4, 0.5) is 0 Å². The third-order valence-corrected chi connectivity index (χ3v) is 5.86. The number of hydrogen-bond acceptors (Lipinski definition) is 2. The van der Waals surface area contributed by atoms with E-state index in [0.29, 0.717) is 6.04 Å². The van der Waals surface area contributed by atoms with Gasteiger partial charge in [0.05, 0.1) is 0 Å². The van der Waals surface area contributed by atoms with Gasteiger partial charge in [0, 0.05) is 19.1 Å². The molecule has 27 heavy (non-hydrogen) atoms. The lowest BCUT2D eigenvalue weighted by atomic mass is 9.78. The highest BCUT2D eigenvalue weighted by atomic mass is 15.2. The molecule has 4 heteroatoms. The first-order valence-electron chi connectivity index (χ1n) is 11.5. The lowest BCUT2D eigenvalue weighted by molar-refractivity contribution is 0.223. The zero-order valence-corrected chi connectivity index (χ0v) is 18.8. The standard InChI is InChI=1S/C23H46N4/c1-6-7-12-22-13-8-9-17-27(18-11-15-23(22)14-10-16-24)21(5)26-20(4)25-19(2)3/h19,22-23H,6-18,24H2,1-5H3. The second kappa shape index (κ2) is 14.1. The Morgan fingerprint density at radius 2 is 1.63 bits per heavy atom. The molecule has 0 aliphatic carbocycles. The number of nitrogens with zero attached hydrogens (tertiary/aromatic N) is 3. The van der Waals surface area contributed by atoms with Crippen molar-refractivity contribution < 1.29 is 0 Å². The van der Waals surface area contributed by atoms with Crippen molar-refractivity contribution in [2.75, 3.05) is 19.6 Å². The first kappa shape index (κ1) is 24.1. The van der Waals surface area contributed by atoms with E-state index in [1.807, 2.05) is 6.92 Å². The molecule has 0 aromatic rings. The molecule has 2 N–H and O–H groups in total. The minimum absolute atomic E-state index is 0.309. The van der Waals surface area contributed by atoms with Gasteiger partial charge in [-0.1, -0.05) is 39.0 Å². The van der Waals surface area contributed by atoms with Crippen LogP contribution in [0.5, 0.6) is 0 Å². The molecule has 1 saturated heterocycles. The van der Waals surface area contributed by atoms with Crippen LogP contribution in [0.1, 0.15) is 98.8 Å². The highest BCUT2D eigenvalue weighted by Gasteiger charge is 2.22. The SMILES string of the molecule is CCCCC1CCCCN(C(C)=NC(C)=NC(C)C)CCCC1CCCN. The predicted octanol–water partition coefficient (Wildman–Crippen LogP) is 5.66. The summed E-state index contributed by atoms with van der Waals surface area (Å²) in [5, 5.41) is 0. The predicted molar refractivity (Wildman–Crippen MR) is 121 cm³/mol. The van der Waals surface area contributed by atoms with Gasteiger partial charge in [0.2, 0.25) is 0 Å². The number of rotatable bonds is 7. The van der Waals surface area contributed by atoms with E-state index < -0.39 is 0 Å². The monoisotopic (exact) mass is 378 g/mol. The van der Waals surface area contributed by atoms with Gasteiger partial charge in [0.25, 0.3) is 0 Å². The average molecular weight is 379 g/mol. The Morgan fingerprint density at radius 3 is 2.26 bits per heavy atom. The number of nitrogens with two attached hydrogens (primary N) is 1. The van der Waals surface area contributed by atoms with E-state index in [-0.39, 0.29) is 0 Å². The van der Waals surface area contributed by atoms with E-state index >= 15 is 0 Å². The molecule has 158 valence electrons. The van der Waals surface area contributed by atoms with E-state index in [0.717, 1.165) is 43.1 Å². The highest BCUT2D eigenvalue weighted by molar-refractivity contribution is 5.94. The minimum atomic E-state index is 0.309. The highest BCUT2D eigenvalue weighted by Crippen LogP contribution is 2.32. The third kappa shape index (κ3) is 10.3. The second-order valence-corrected chi connectivity index (χ2v) is 8.65. The fraction of sp³-hybridized carbons (Fsp3) is 0.913. The van der Waals surface area contributed by atoms with Crippen molar-refractivity contribution in [1.29, 1.82) is 0 Å². The van der Waals surface area contributed by atoms with Crippen molar-refractivity contribution in [3.63, 3.8) is 0 Å². The topological polar surface area (TPSA) is 54.0 Å². The molecule has 4 nitrogen and oxygen atoms in total. The Kier molecular flexibility index (Phi) is 12.6. The Morgan fingerprint density at radius 1 is 1.00 bits per heavy atom. The van der Waals surface area contributed by atoms with Gasteiger partial charge in [-0.15, -0.1) is 0 Å². The van der Waals surface area contributed by atoms with Crippen molar-refractivity contribution in [2.24, 2.45) is 27.6 Å². The summed E-state index contributed by atoms with van der Waals surface area (Å²) in [6.45, 7) is 13.8. The van der Waals surface area contributed by atoms with Crippen LogP contribution in [0.3, 0.4) is 0 Å². The van der Waals surface area contributed by atoms with E-state index in [2.05, 4.69) is 37.6 Å². The van der Waals surface area contributed by atoms with Gasteiger partial charge in [-0.3, -0.25) is 4.99 Å². The fourth-order valence-corrected chi connectivity index (χ4v) is 4.47. The molecule has 1 fully saturated rings. The average Bonchev–Trinajstić information content (AvgIpc) is 2.61. The minimum Gasteiger partial charge on any atom is -0.360 e. The summed E-state index contributed by atoms with van der Waals surface area (Å²) in [4.78, 5) is 11.8. The van der Waals surface area contributed by atoms with Crippen LogP contribution < -0.4 is 5.73 Å². The quantitative estimate of drug-likeness (QED) is 0.459. The van der Waals surface area contributed by atoms with Gasteiger partial charge in [-0.2, -0.15) is 0 Å². The maximum Gasteiger partial charge on any atom is 0.122 e. The first-order chi connectivity index (χ1) is 13.0. The van der Waals surface area contributed by atoms with Crippen molar-refractivity contribution in [3.05, 3.63) is 0 Å². The van der Waals surface area contributed by atoms with E-state index in [4.69, 9.17) is 10.7 Å². The zero-order chi connectivity index (χ0) is 20.1. The van der Waals surface area contributed by atoms with Crippen LogP contribution in [0.2, 0.25) is 0 Å². The molecule has 0 bridgehead atoms. The van der Waals surface area contributed by atoms with Gasteiger partial charge >= 0.3 is 0 Å². The summed E-state index contributed by atoms with van der Waals surface area (Å²) in [7, 11) is 0. The number of aliphatic imine (C=N–C) groups is 2. The molecule has 1 heterocycles. The molecule has 1 rings (SSSR count). The summed E-state index contributed by atoms with van der Waals surface area (Å²) in [6.07, 6.45) is 13.3. The summed E-state index contributed by atoms with van der Waals surface area (Å²) in [5.41, 5.74) is 5.82. The van der Waals surface area contributed by atoms with Gasteiger partial charge in [0.1, 0.15) is 11.7 Å². The molecule has 0 saturated carbocycles. The molecule has 0 spiro atoms. The Bertz CT molecular complexity index is 442. The lowest BCUT2D eigenvalue weighted by Gasteiger charge is -2.32. The van der Waals surface area contributed by atoms with Gasteiger partial charge in [-0.05, 0) is 78.2 Å². The Labute approximate surface area is 169 Å². The maximum atomic E-state index is 5.82. The molecule has 0 amide bonds. The smallest absolute Gasteiger partial charge is 0.122 e. The molecule has 2 unspecified atom stereocenters. The number of hydrogen-bond donors (Lipinski definition) is 1. The molecule has 0 radical (unpaired) electrons. The van der Waals surface area contributed by atoms with Crippen molar-refractivity contribution in [3.8, 4) is 0 Å². The van der Waals surface area contributed by atoms with Crippen LogP contribution in [0.25, 0.3) is 0 Å². The number of amidine groups is 2. The molecule has 0 aromatic carbocycles. The molecular weight excluding hydrogens is 332 g/mol. The molecule has 1 aliphatic heterocycles. The summed E-state index contributed by atoms with van der Waals surface area (Å²) in [6, 6.07) is 0.309. The largest absolute Gasteiger partial charge is 0.360 e. The van der Waals surface area contributed by atoms with Crippen LogP contribution in [-0.4, -0.2) is 42.2 Å². The fourth-order valence-electron chi connectivity index (χ4n) is 4.47. The molecule has 1 aliphatic rings.